The number of pyridine rings is 4. The molecule has 7 heterocycles. The highest BCUT2D eigenvalue weighted by Gasteiger charge is 2.17. The summed E-state index contributed by atoms with van der Waals surface area (Å²) in [4.78, 5) is 28.1. The van der Waals surface area contributed by atoms with Crippen molar-refractivity contribution in [1.82, 2.24) is 34.9 Å². The van der Waals surface area contributed by atoms with Gasteiger partial charge in [0.25, 0.3) is 0 Å². The molecule has 0 saturated carbocycles. The van der Waals surface area contributed by atoms with E-state index in [9.17, 15) is 0 Å². The zero-order valence-corrected chi connectivity index (χ0v) is 13.9. The Morgan fingerprint density at radius 2 is 1.07 bits per heavy atom. The molecule has 0 radical (unpaired) electrons. The van der Waals surface area contributed by atoms with Gasteiger partial charge < -0.3 is 15.0 Å². The molecule has 7 rings (SSSR count). The van der Waals surface area contributed by atoms with E-state index in [0.29, 0.717) is 0 Å². The largest absolute Gasteiger partial charge is 0.353 e. The molecule has 0 saturated heterocycles. The highest BCUT2D eigenvalue weighted by molar-refractivity contribution is 6.28. The minimum Gasteiger partial charge on any atom is -0.353 e. The summed E-state index contributed by atoms with van der Waals surface area (Å²) in [5.74, 6) is 0. The average Bonchev–Trinajstić information content (AvgIpc) is 3.37. The summed E-state index contributed by atoms with van der Waals surface area (Å²) in [5.41, 5.74) is 5.78. The van der Waals surface area contributed by atoms with Gasteiger partial charge in [-0.05, 0) is 12.1 Å². The van der Waals surface area contributed by atoms with E-state index >= 15 is 0 Å². The van der Waals surface area contributed by atoms with Crippen molar-refractivity contribution < 1.29 is 0 Å². The first-order valence-electron chi connectivity index (χ1n) is 8.65. The number of H-pyrrole nitrogens is 3. The lowest BCUT2D eigenvalue weighted by molar-refractivity contribution is 1.32. The molecule has 0 aromatic carbocycles. The molecule has 0 atom stereocenters. The monoisotopic (exact) mass is 349 g/mol. The van der Waals surface area contributed by atoms with E-state index in [1.165, 1.54) is 0 Å². The highest BCUT2D eigenvalue weighted by atomic mass is 14.9. The second kappa shape index (κ2) is 4.39. The maximum Gasteiger partial charge on any atom is 0.140 e. The molecular formula is C20H11N7. The number of aromatic amines is 3. The van der Waals surface area contributed by atoms with E-state index in [4.69, 9.17) is 0 Å². The Kier molecular flexibility index (Phi) is 2.15. The van der Waals surface area contributed by atoms with E-state index in [1.54, 1.807) is 0 Å². The highest BCUT2D eigenvalue weighted by Crippen LogP contribution is 2.37. The van der Waals surface area contributed by atoms with Crippen LogP contribution in [-0.4, -0.2) is 34.9 Å². The fraction of sp³-hybridized carbons (Fsp3) is 0. The van der Waals surface area contributed by atoms with Crippen LogP contribution in [0.4, 0.5) is 0 Å². The van der Waals surface area contributed by atoms with Crippen LogP contribution in [-0.2, 0) is 0 Å². The molecule has 7 nitrogen and oxygen atoms in total. The molecule has 0 amide bonds. The SMILES string of the molecule is c1cc2c(cn1)[nH]c1ncc3c4cnc5[nH]c6cnccc6c5c4[nH]c3c12. The topological polar surface area (TPSA) is 98.9 Å². The van der Waals surface area contributed by atoms with Crippen LogP contribution in [0.15, 0.2) is 49.3 Å². The van der Waals surface area contributed by atoms with E-state index in [0.717, 1.165) is 65.7 Å². The molecule has 0 aliphatic rings. The summed E-state index contributed by atoms with van der Waals surface area (Å²) in [5, 5.41) is 6.50. The van der Waals surface area contributed by atoms with Crippen molar-refractivity contribution in [3.8, 4) is 0 Å². The van der Waals surface area contributed by atoms with Crippen molar-refractivity contribution in [2.24, 2.45) is 0 Å². The Hall–Kier alpha value is -4.00. The van der Waals surface area contributed by atoms with Gasteiger partial charge in [0, 0.05) is 46.3 Å². The third-order valence-corrected chi connectivity index (χ3v) is 5.38. The van der Waals surface area contributed by atoms with Gasteiger partial charge in [0.15, 0.2) is 0 Å². The molecule has 0 spiro atoms. The maximum atomic E-state index is 4.65. The minimum absolute atomic E-state index is 0.851. The van der Waals surface area contributed by atoms with E-state index in [1.807, 2.05) is 49.3 Å². The van der Waals surface area contributed by atoms with Gasteiger partial charge in [-0.1, -0.05) is 0 Å². The average molecular weight is 349 g/mol. The first kappa shape index (κ1) is 13.2. The second-order valence-corrected chi connectivity index (χ2v) is 6.76. The number of hydrogen-bond acceptors (Lipinski definition) is 4. The van der Waals surface area contributed by atoms with Gasteiger partial charge in [-0.15, -0.1) is 0 Å². The maximum absolute atomic E-state index is 4.65. The zero-order valence-electron chi connectivity index (χ0n) is 13.9. The van der Waals surface area contributed by atoms with Gasteiger partial charge >= 0.3 is 0 Å². The number of rotatable bonds is 0. The number of hydrogen-bond donors (Lipinski definition) is 3. The smallest absolute Gasteiger partial charge is 0.140 e. The Balaban J connectivity index is 1.78. The van der Waals surface area contributed by atoms with Gasteiger partial charge in [0.05, 0.1) is 45.2 Å². The van der Waals surface area contributed by atoms with Crippen molar-refractivity contribution in [3.63, 3.8) is 0 Å². The molecular weight excluding hydrogens is 338 g/mol. The first-order chi connectivity index (χ1) is 13.4. The fourth-order valence-corrected chi connectivity index (χ4v) is 4.21. The summed E-state index contributed by atoms with van der Waals surface area (Å²) in [6, 6.07) is 4.04. The standard InChI is InChI=1S/C20H11N7/c1-3-21-7-13-9(1)15-17-11(5-23-19(15)25-13)12-6-24-20-16(18(12)27-17)10-2-4-22-8-14(10)26-20/h1-8,27H,(H,23,25)(H,24,26). The lowest BCUT2D eigenvalue weighted by Crippen LogP contribution is -1.77. The lowest BCUT2D eigenvalue weighted by atomic mass is 10.1. The van der Waals surface area contributed by atoms with E-state index in [-0.39, 0.29) is 0 Å². The molecule has 0 aliphatic carbocycles. The summed E-state index contributed by atoms with van der Waals surface area (Å²) < 4.78 is 0. The van der Waals surface area contributed by atoms with Crippen LogP contribution < -0.4 is 0 Å². The molecule has 126 valence electrons. The molecule has 7 aromatic rings. The predicted octanol–water partition coefficient (Wildman–Crippen LogP) is 4.17. The van der Waals surface area contributed by atoms with Crippen LogP contribution in [0.25, 0.3) is 65.7 Å². The fourth-order valence-electron chi connectivity index (χ4n) is 4.21. The van der Waals surface area contributed by atoms with Crippen LogP contribution in [0, 0.1) is 0 Å². The lowest BCUT2D eigenvalue weighted by Gasteiger charge is -1.94. The molecule has 7 aromatic heterocycles. The minimum atomic E-state index is 0.851. The summed E-state index contributed by atoms with van der Waals surface area (Å²) in [7, 11) is 0. The summed E-state index contributed by atoms with van der Waals surface area (Å²) in [6.07, 6.45) is 11.1. The van der Waals surface area contributed by atoms with Crippen molar-refractivity contribution in [1.29, 1.82) is 0 Å². The van der Waals surface area contributed by atoms with Crippen LogP contribution in [0.3, 0.4) is 0 Å². The molecule has 0 fully saturated rings. The molecule has 3 N–H and O–H groups in total. The number of aromatic nitrogens is 7. The molecule has 0 aliphatic heterocycles. The van der Waals surface area contributed by atoms with E-state index in [2.05, 4.69) is 34.9 Å². The Morgan fingerprint density at radius 1 is 0.556 bits per heavy atom. The van der Waals surface area contributed by atoms with Crippen LogP contribution in [0.5, 0.6) is 0 Å². The third-order valence-electron chi connectivity index (χ3n) is 5.38. The summed E-state index contributed by atoms with van der Waals surface area (Å²) >= 11 is 0. The Morgan fingerprint density at radius 3 is 1.59 bits per heavy atom. The normalized spacial score (nSPS) is 12.4. The van der Waals surface area contributed by atoms with Gasteiger partial charge in [-0.25, -0.2) is 9.97 Å². The number of nitrogens with zero attached hydrogens (tertiary/aromatic N) is 4. The quantitative estimate of drug-likeness (QED) is 0.383. The molecule has 7 heteroatoms. The first-order valence-corrected chi connectivity index (χ1v) is 8.65. The zero-order chi connectivity index (χ0) is 17.5. The Bertz CT molecular complexity index is 1560. The number of nitrogens with one attached hydrogen (secondary N) is 3. The van der Waals surface area contributed by atoms with Gasteiger partial charge in [-0.3, -0.25) is 9.97 Å². The molecule has 0 unspecified atom stereocenters. The molecule has 0 bridgehead atoms. The van der Waals surface area contributed by atoms with Crippen molar-refractivity contribution >= 4 is 65.7 Å². The van der Waals surface area contributed by atoms with Crippen LogP contribution in [0.1, 0.15) is 0 Å². The van der Waals surface area contributed by atoms with Crippen molar-refractivity contribution in [3.05, 3.63) is 49.3 Å². The second-order valence-electron chi connectivity index (χ2n) is 6.76. The predicted molar refractivity (Wildman–Crippen MR) is 106 cm³/mol. The Labute approximate surface area is 150 Å². The van der Waals surface area contributed by atoms with E-state index < -0.39 is 0 Å². The number of fused-ring (bicyclic) bond motifs is 11. The van der Waals surface area contributed by atoms with Crippen molar-refractivity contribution in [2.75, 3.05) is 0 Å². The molecule has 27 heavy (non-hydrogen) atoms. The van der Waals surface area contributed by atoms with Crippen molar-refractivity contribution in [2.45, 2.75) is 0 Å². The van der Waals surface area contributed by atoms with Crippen LogP contribution in [0.2, 0.25) is 0 Å². The van der Waals surface area contributed by atoms with Gasteiger partial charge in [-0.2, -0.15) is 0 Å². The van der Waals surface area contributed by atoms with Gasteiger partial charge in [0.1, 0.15) is 11.3 Å². The summed E-state index contributed by atoms with van der Waals surface area (Å²) in [6.45, 7) is 0. The van der Waals surface area contributed by atoms with Gasteiger partial charge in [0.2, 0.25) is 0 Å². The van der Waals surface area contributed by atoms with Crippen LogP contribution >= 0.6 is 0 Å². The third kappa shape index (κ3) is 1.52.